The summed E-state index contributed by atoms with van der Waals surface area (Å²) in [6.45, 7) is 2.83. The number of anilines is 1. The standard InChI is InChI=1S/C18H21N3O3/c22-15-4-1-14(2-5-15)3-8-18(24)21-11-9-20(10-12-21)17-7-6-16(23)13-19-17/h1-2,4-7,13,22-23H,3,8-12H2. The van der Waals surface area contributed by atoms with E-state index >= 15 is 0 Å². The number of phenols is 1. The zero-order valence-corrected chi connectivity index (χ0v) is 13.4. The van der Waals surface area contributed by atoms with Crippen LogP contribution in [-0.4, -0.2) is 52.2 Å². The van der Waals surface area contributed by atoms with Crippen LogP contribution >= 0.6 is 0 Å². The van der Waals surface area contributed by atoms with Gasteiger partial charge in [0.2, 0.25) is 5.91 Å². The second-order valence-corrected chi connectivity index (χ2v) is 5.91. The highest BCUT2D eigenvalue weighted by Crippen LogP contribution is 2.17. The average molecular weight is 327 g/mol. The first-order chi connectivity index (χ1) is 11.6. The Bertz CT molecular complexity index is 678. The van der Waals surface area contributed by atoms with Crippen LogP contribution in [0, 0.1) is 0 Å². The largest absolute Gasteiger partial charge is 0.508 e. The summed E-state index contributed by atoms with van der Waals surface area (Å²) in [4.78, 5) is 20.5. The number of pyridine rings is 1. The number of benzene rings is 1. The molecule has 126 valence electrons. The molecule has 1 aromatic heterocycles. The van der Waals surface area contributed by atoms with Gasteiger partial charge in [-0.15, -0.1) is 0 Å². The summed E-state index contributed by atoms with van der Waals surface area (Å²) in [5, 5.41) is 18.6. The first-order valence-corrected chi connectivity index (χ1v) is 8.07. The van der Waals surface area contributed by atoms with Crippen LogP contribution in [0.3, 0.4) is 0 Å². The van der Waals surface area contributed by atoms with Gasteiger partial charge in [-0.05, 0) is 36.2 Å². The summed E-state index contributed by atoms with van der Waals surface area (Å²) in [6.07, 6.45) is 2.59. The molecule has 0 radical (unpaired) electrons. The van der Waals surface area contributed by atoms with Gasteiger partial charge in [0.25, 0.3) is 0 Å². The molecule has 1 fully saturated rings. The molecule has 6 heteroatoms. The molecule has 0 spiro atoms. The molecule has 1 saturated heterocycles. The van der Waals surface area contributed by atoms with Crippen LogP contribution in [0.2, 0.25) is 0 Å². The van der Waals surface area contributed by atoms with Gasteiger partial charge in [0.1, 0.15) is 17.3 Å². The maximum atomic E-state index is 12.3. The number of nitrogens with zero attached hydrogens (tertiary/aromatic N) is 3. The van der Waals surface area contributed by atoms with Crippen molar-refractivity contribution < 1.29 is 15.0 Å². The van der Waals surface area contributed by atoms with Crippen molar-refractivity contribution >= 4 is 11.7 Å². The van der Waals surface area contributed by atoms with Gasteiger partial charge in [0, 0.05) is 32.6 Å². The Balaban J connectivity index is 1.48. The van der Waals surface area contributed by atoms with E-state index in [-0.39, 0.29) is 17.4 Å². The summed E-state index contributed by atoms with van der Waals surface area (Å²) in [6, 6.07) is 10.4. The minimum absolute atomic E-state index is 0.154. The molecular weight excluding hydrogens is 306 g/mol. The number of carbonyl (C=O) groups excluding carboxylic acids is 1. The number of rotatable bonds is 4. The van der Waals surface area contributed by atoms with Crippen molar-refractivity contribution in [1.82, 2.24) is 9.88 Å². The van der Waals surface area contributed by atoms with Gasteiger partial charge in [-0.25, -0.2) is 4.98 Å². The van der Waals surface area contributed by atoms with Crippen molar-refractivity contribution in [2.45, 2.75) is 12.8 Å². The maximum Gasteiger partial charge on any atom is 0.223 e. The predicted molar refractivity (Wildman–Crippen MR) is 91.1 cm³/mol. The van der Waals surface area contributed by atoms with Crippen molar-refractivity contribution in [3.05, 3.63) is 48.2 Å². The molecule has 1 aliphatic heterocycles. The van der Waals surface area contributed by atoms with E-state index in [4.69, 9.17) is 0 Å². The summed E-state index contributed by atoms with van der Waals surface area (Å²) in [7, 11) is 0. The van der Waals surface area contributed by atoms with Crippen LogP contribution in [0.1, 0.15) is 12.0 Å². The molecule has 1 aromatic carbocycles. The lowest BCUT2D eigenvalue weighted by Crippen LogP contribution is -2.49. The number of aromatic hydroxyl groups is 2. The Hall–Kier alpha value is -2.76. The highest BCUT2D eigenvalue weighted by atomic mass is 16.3. The van der Waals surface area contributed by atoms with E-state index in [0.29, 0.717) is 25.9 Å². The van der Waals surface area contributed by atoms with Crippen molar-refractivity contribution in [2.75, 3.05) is 31.1 Å². The zero-order chi connectivity index (χ0) is 16.9. The number of carbonyl (C=O) groups is 1. The van der Waals surface area contributed by atoms with Crippen molar-refractivity contribution in [1.29, 1.82) is 0 Å². The molecule has 3 rings (SSSR count). The highest BCUT2D eigenvalue weighted by molar-refractivity contribution is 5.76. The molecule has 0 bridgehead atoms. The Morgan fingerprint density at radius 1 is 0.958 bits per heavy atom. The summed E-state index contributed by atoms with van der Waals surface area (Å²) < 4.78 is 0. The van der Waals surface area contributed by atoms with Crippen LogP contribution in [0.25, 0.3) is 0 Å². The van der Waals surface area contributed by atoms with Crippen LogP contribution in [0.5, 0.6) is 11.5 Å². The second kappa shape index (κ2) is 7.21. The molecular formula is C18H21N3O3. The Morgan fingerprint density at radius 2 is 1.62 bits per heavy atom. The molecule has 0 saturated carbocycles. The third-order valence-corrected chi connectivity index (χ3v) is 4.25. The molecule has 2 heterocycles. The number of phenolic OH excluding ortho intramolecular Hbond substituents is 1. The van der Waals surface area contributed by atoms with E-state index in [9.17, 15) is 15.0 Å². The topological polar surface area (TPSA) is 76.9 Å². The number of hydrogen-bond acceptors (Lipinski definition) is 5. The van der Waals surface area contributed by atoms with Crippen LogP contribution in [0.15, 0.2) is 42.6 Å². The van der Waals surface area contributed by atoms with Crippen molar-refractivity contribution in [3.63, 3.8) is 0 Å². The predicted octanol–water partition coefficient (Wildman–Crippen LogP) is 1.77. The van der Waals surface area contributed by atoms with E-state index in [1.165, 1.54) is 6.20 Å². The smallest absolute Gasteiger partial charge is 0.223 e. The third kappa shape index (κ3) is 3.95. The first kappa shape index (κ1) is 16.1. The number of aryl methyl sites for hydroxylation is 1. The minimum Gasteiger partial charge on any atom is -0.508 e. The normalized spacial score (nSPS) is 14.7. The fourth-order valence-electron chi connectivity index (χ4n) is 2.82. The van der Waals surface area contributed by atoms with Crippen LogP contribution in [0.4, 0.5) is 5.82 Å². The number of aromatic nitrogens is 1. The Kier molecular flexibility index (Phi) is 4.84. The van der Waals surface area contributed by atoms with Gasteiger partial charge >= 0.3 is 0 Å². The van der Waals surface area contributed by atoms with E-state index < -0.39 is 0 Å². The van der Waals surface area contributed by atoms with Gasteiger partial charge < -0.3 is 20.0 Å². The summed E-state index contributed by atoms with van der Waals surface area (Å²) in [5.41, 5.74) is 1.05. The van der Waals surface area contributed by atoms with E-state index in [1.807, 2.05) is 17.0 Å². The molecule has 0 aliphatic carbocycles. The monoisotopic (exact) mass is 327 g/mol. The van der Waals surface area contributed by atoms with Crippen LogP contribution in [-0.2, 0) is 11.2 Å². The lowest BCUT2D eigenvalue weighted by atomic mass is 10.1. The fraction of sp³-hybridized carbons (Fsp3) is 0.333. The molecule has 2 aromatic rings. The average Bonchev–Trinajstić information content (AvgIpc) is 2.62. The van der Waals surface area contributed by atoms with E-state index in [1.54, 1.807) is 24.3 Å². The SMILES string of the molecule is O=C(CCc1ccc(O)cc1)N1CCN(c2ccc(O)cn2)CC1. The molecule has 6 nitrogen and oxygen atoms in total. The lowest BCUT2D eigenvalue weighted by Gasteiger charge is -2.35. The first-order valence-electron chi connectivity index (χ1n) is 8.07. The van der Waals surface area contributed by atoms with Gasteiger partial charge in [0.05, 0.1) is 6.20 Å². The van der Waals surface area contributed by atoms with Gasteiger partial charge in [0.15, 0.2) is 0 Å². The third-order valence-electron chi connectivity index (χ3n) is 4.25. The molecule has 2 N–H and O–H groups in total. The highest BCUT2D eigenvalue weighted by Gasteiger charge is 2.21. The molecule has 0 unspecified atom stereocenters. The van der Waals surface area contributed by atoms with Crippen molar-refractivity contribution in [3.8, 4) is 11.5 Å². The maximum absolute atomic E-state index is 12.3. The van der Waals surface area contributed by atoms with Gasteiger partial charge in [-0.1, -0.05) is 12.1 Å². The molecule has 1 amide bonds. The van der Waals surface area contributed by atoms with E-state index in [0.717, 1.165) is 24.5 Å². The summed E-state index contributed by atoms with van der Waals surface area (Å²) in [5.74, 6) is 1.37. The quantitative estimate of drug-likeness (QED) is 0.895. The van der Waals surface area contributed by atoms with Gasteiger partial charge in [-0.3, -0.25) is 4.79 Å². The molecule has 0 atom stereocenters. The fourth-order valence-corrected chi connectivity index (χ4v) is 2.82. The lowest BCUT2D eigenvalue weighted by molar-refractivity contribution is -0.131. The van der Waals surface area contributed by atoms with Crippen molar-refractivity contribution in [2.24, 2.45) is 0 Å². The molecule has 1 aliphatic rings. The van der Waals surface area contributed by atoms with E-state index in [2.05, 4.69) is 9.88 Å². The number of hydrogen-bond donors (Lipinski definition) is 2. The Morgan fingerprint density at radius 3 is 2.25 bits per heavy atom. The zero-order valence-electron chi connectivity index (χ0n) is 13.4. The van der Waals surface area contributed by atoms with Crippen LogP contribution < -0.4 is 4.90 Å². The minimum atomic E-state index is 0.154. The number of piperazine rings is 1. The second-order valence-electron chi connectivity index (χ2n) is 5.91. The molecule has 24 heavy (non-hydrogen) atoms. The number of amides is 1. The Labute approximate surface area is 141 Å². The van der Waals surface area contributed by atoms with Gasteiger partial charge in [-0.2, -0.15) is 0 Å². The summed E-state index contributed by atoms with van der Waals surface area (Å²) >= 11 is 0.